The normalized spacial score (nSPS) is 9.75. The lowest BCUT2D eigenvalue weighted by Gasteiger charge is -1.96. The Morgan fingerprint density at radius 3 is 2.92 bits per heavy atom. The highest BCUT2D eigenvalue weighted by molar-refractivity contribution is 5.92. The highest BCUT2D eigenvalue weighted by Crippen LogP contribution is 2.04. The largest absolute Gasteiger partial charge is 0.342 e. The number of ketones is 1. The minimum absolute atomic E-state index is 0.0444. The van der Waals surface area contributed by atoms with Crippen LogP contribution in [0.3, 0.4) is 0 Å². The van der Waals surface area contributed by atoms with Crippen LogP contribution in [0.15, 0.2) is 24.5 Å². The molecule has 0 spiro atoms. The van der Waals surface area contributed by atoms with E-state index in [-0.39, 0.29) is 5.78 Å². The number of carbonyl (C=O) groups excluding carboxylic acids is 1. The molecule has 0 saturated heterocycles. The van der Waals surface area contributed by atoms with Crippen molar-refractivity contribution in [2.45, 2.75) is 19.8 Å². The molecule has 1 aromatic heterocycles. The molecule has 0 atom stereocenters. The number of aromatic amines is 1. The molecule has 1 rings (SSSR count). The number of aromatic nitrogens is 2. The van der Waals surface area contributed by atoms with E-state index in [0.717, 1.165) is 12.0 Å². The van der Waals surface area contributed by atoms with E-state index in [1.54, 1.807) is 12.4 Å². The van der Waals surface area contributed by atoms with Crippen LogP contribution >= 0.6 is 0 Å². The van der Waals surface area contributed by atoms with Crippen molar-refractivity contribution in [3.8, 4) is 0 Å². The molecule has 0 aromatic carbocycles. The average molecular weight is 164 g/mol. The Hall–Kier alpha value is -1.38. The number of Topliss-reactive ketones (excluding diaryl/α,β-unsaturated/α-hetero) is 1. The number of allylic oxidation sites excluding steroid dienone is 1. The van der Waals surface area contributed by atoms with Gasteiger partial charge in [-0.2, -0.15) is 0 Å². The van der Waals surface area contributed by atoms with Crippen LogP contribution in [0, 0.1) is 0 Å². The number of carbonyl (C=O) groups is 1. The molecule has 0 aliphatic carbocycles. The molecule has 0 fully saturated rings. The maximum Gasteiger partial charge on any atom is 0.198 e. The van der Waals surface area contributed by atoms with Crippen LogP contribution < -0.4 is 0 Å². The quantitative estimate of drug-likeness (QED) is 0.546. The van der Waals surface area contributed by atoms with E-state index in [9.17, 15) is 4.79 Å². The Balaban J connectivity index is 2.45. The Morgan fingerprint density at radius 2 is 2.42 bits per heavy atom. The molecule has 1 N–H and O–H groups in total. The minimum Gasteiger partial charge on any atom is -0.342 e. The van der Waals surface area contributed by atoms with E-state index in [2.05, 4.69) is 16.5 Å². The molecule has 0 aliphatic heterocycles. The van der Waals surface area contributed by atoms with Gasteiger partial charge >= 0.3 is 0 Å². The minimum atomic E-state index is 0.0444. The van der Waals surface area contributed by atoms with Crippen LogP contribution in [0.5, 0.6) is 0 Å². The summed E-state index contributed by atoms with van der Waals surface area (Å²) >= 11 is 0. The first-order valence-electron chi connectivity index (χ1n) is 3.87. The van der Waals surface area contributed by atoms with Gasteiger partial charge in [0, 0.05) is 18.8 Å². The van der Waals surface area contributed by atoms with Crippen molar-refractivity contribution in [3.63, 3.8) is 0 Å². The van der Waals surface area contributed by atoms with Crippen LogP contribution in [0.25, 0.3) is 0 Å². The van der Waals surface area contributed by atoms with Crippen LogP contribution in [0.4, 0.5) is 0 Å². The monoisotopic (exact) mass is 164 g/mol. The molecular weight excluding hydrogens is 152 g/mol. The topological polar surface area (TPSA) is 45.8 Å². The highest BCUT2D eigenvalue weighted by Gasteiger charge is 2.06. The molecule has 3 heteroatoms. The summed E-state index contributed by atoms with van der Waals surface area (Å²) in [5.41, 5.74) is 1.02. The van der Waals surface area contributed by atoms with Gasteiger partial charge in [0.2, 0.25) is 0 Å². The van der Waals surface area contributed by atoms with Crippen molar-refractivity contribution >= 4 is 5.78 Å². The maximum absolute atomic E-state index is 11.3. The summed E-state index contributed by atoms with van der Waals surface area (Å²) in [6, 6.07) is 0. The zero-order chi connectivity index (χ0) is 8.97. The van der Waals surface area contributed by atoms with Gasteiger partial charge in [0.1, 0.15) is 0 Å². The van der Waals surface area contributed by atoms with E-state index in [0.29, 0.717) is 12.2 Å². The van der Waals surface area contributed by atoms with E-state index in [1.165, 1.54) is 0 Å². The fraction of sp³-hybridized carbons (Fsp3) is 0.333. The number of nitrogens with one attached hydrogen (secondary N) is 1. The molecule has 1 heterocycles. The lowest BCUT2D eigenvalue weighted by molar-refractivity contribution is 0.0974. The van der Waals surface area contributed by atoms with Gasteiger partial charge in [-0.3, -0.25) is 4.79 Å². The Kier molecular flexibility index (Phi) is 2.80. The molecule has 0 amide bonds. The van der Waals surface area contributed by atoms with Crippen molar-refractivity contribution in [2.24, 2.45) is 0 Å². The highest BCUT2D eigenvalue weighted by atomic mass is 16.1. The van der Waals surface area contributed by atoms with Crippen molar-refractivity contribution in [1.29, 1.82) is 0 Å². The Morgan fingerprint density at radius 1 is 1.67 bits per heavy atom. The Bertz CT molecular complexity index is 275. The molecule has 64 valence electrons. The zero-order valence-electron chi connectivity index (χ0n) is 7.13. The second-order valence-corrected chi connectivity index (χ2v) is 2.82. The molecule has 0 aliphatic rings. The van der Waals surface area contributed by atoms with Crippen LogP contribution in [0.1, 0.15) is 30.4 Å². The number of nitrogens with zero attached hydrogens (tertiary/aromatic N) is 1. The smallest absolute Gasteiger partial charge is 0.198 e. The lowest BCUT2D eigenvalue weighted by Crippen LogP contribution is -2.01. The van der Waals surface area contributed by atoms with Crippen LogP contribution in [-0.4, -0.2) is 15.8 Å². The number of hydrogen-bond acceptors (Lipinski definition) is 2. The van der Waals surface area contributed by atoms with Crippen molar-refractivity contribution < 1.29 is 4.79 Å². The SMILES string of the molecule is C=C(C)CCC(=O)c1ncc[nH]1. The van der Waals surface area contributed by atoms with E-state index < -0.39 is 0 Å². The average Bonchev–Trinajstić information content (AvgIpc) is 2.51. The van der Waals surface area contributed by atoms with Gasteiger partial charge in [0.05, 0.1) is 0 Å². The first kappa shape index (κ1) is 8.71. The van der Waals surface area contributed by atoms with Crippen molar-refractivity contribution in [1.82, 2.24) is 9.97 Å². The van der Waals surface area contributed by atoms with E-state index >= 15 is 0 Å². The number of H-pyrrole nitrogens is 1. The van der Waals surface area contributed by atoms with Gasteiger partial charge in [-0.25, -0.2) is 4.98 Å². The van der Waals surface area contributed by atoms with Crippen molar-refractivity contribution in [2.75, 3.05) is 0 Å². The number of hydrogen-bond donors (Lipinski definition) is 1. The molecule has 0 saturated carbocycles. The van der Waals surface area contributed by atoms with Crippen molar-refractivity contribution in [3.05, 3.63) is 30.4 Å². The molecule has 0 radical (unpaired) electrons. The zero-order valence-corrected chi connectivity index (χ0v) is 7.13. The predicted octanol–water partition coefficient (Wildman–Crippen LogP) is 1.95. The summed E-state index contributed by atoms with van der Waals surface area (Å²) in [5.74, 6) is 0.485. The third-order valence-corrected chi connectivity index (χ3v) is 1.54. The maximum atomic E-state index is 11.3. The van der Waals surface area contributed by atoms with Gasteiger partial charge in [-0.05, 0) is 13.3 Å². The summed E-state index contributed by atoms with van der Waals surface area (Å²) in [7, 11) is 0. The number of imidazole rings is 1. The van der Waals surface area contributed by atoms with E-state index in [4.69, 9.17) is 0 Å². The van der Waals surface area contributed by atoms with Gasteiger partial charge in [-0.1, -0.05) is 5.57 Å². The first-order chi connectivity index (χ1) is 5.70. The van der Waals surface area contributed by atoms with Crippen LogP contribution in [0.2, 0.25) is 0 Å². The fourth-order valence-corrected chi connectivity index (χ4v) is 0.863. The van der Waals surface area contributed by atoms with Gasteiger partial charge in [-0.15, -0.1) is 6.58 Å². The summed E-state index contributed by atoms with van der Waals surface area (Å²) in [6.07, 6.45) is 4.45. The van der Waals surface area contributed by atoms with E-state index in [1.807, 2.05) is 6.92 Å². The van der Waals surface area contributed by atoms with Gasteiger partial charge in [0.15, 0.2) is 11.6 Å². The molecule has 12 heavy (non-hydrogen) atoms. The summed E-state index contributed by atoms with van der Waals surface area (Å²) < 4.78 is 0. The predicted molar refractivity (Wildman–Crippen MR) is 47.0 cm³/mol. The lowest BCUT2D eigenvalue weighted by atomic mass is 10.1. The molecule has 3 nitrogen and oxygen atoms in total. The first-order valence-corrected chi connectivity index (χ1v) is 3.87. The molecule has 1 aromatic rings. The molecule has 0 unspecified atom stereocenters. The summed E-state index contributed by atoms with van der Waals surface area (Å²) in [4.78, 5) is 17.9. The standard InChI is InChI=1S/C9H12N2O/c1-7(2)3-4-8(12)9-10-5-6-11-9/h5-6H,1,3-4H2,2H3,(H,10,11). The second kappa shape index (κ2) is 3.85. The second-order valence-electron chi connectivity index (χ2n) is 2.82. The summed E-state index contributed by atoms with van der Waals surface area (Å²) in [6.45, 7) is 5.64. The Labute approximate surface area is 71.5 Å². The molecular formula is C9H12N2O. The van der Waals surface area contributed by atoms with Gasteiger partial charge in [0.25, 0.3) is 0 Å². The molecule has 0 bridgehead atoms. The number of rotatable bonds is 4. The van der Waals surface area contributed by atoms with Gasteiger partial charge < -0.3 is 4.98 Å². The fourth-order valence-electron chi connectivity index (χ4n) is 0.863. The van der Waals surface area contributed by atoms with Crippen LogP contribution in [-0.2, 0) is 0 Å². The third kappa shape index (κ3) is 2.34. The third-order valence-electron chi connectivity index (χ3n) is 1.54. The summed E-state index contributed by atoms with van der Waals surface area (Å²) in [5, 5.41) is 0.